The molecule has 2 aliphatic heterocycles. The molecule has 2 aliphatic rings. The highest BCUT2D eigenvalue weighted by atomic mass is 16.7. The summed E-state index contributed by atoms with van der Waals surface area (Å²) in [5.74, 6) is 0.0503. The summed E-state index contributed by atoms with van der Waals surface area (Å²) in [4.78, 5) is 2.35. The van der Waals surface area contributed by atoms with E-state index in [-0.39, 0.29) is 30.7 Å². The maximum atomic E-state index is 6.42. The Hall–Kier alpha value is -3.48. The van der Waals surface area contributed by atoms with Crippen LogP contribution in [0.2, 0.25) is 0 Å². The molecular formula is C41H49NO4. The number of ether oxygens (including phenoxy) is 4. The lowest BCUT2D eigenvalue weighted by Crippen LogP contribution is -2.34. The molecule has 4 aromatic rings. The number of anilines is 3. The molecule has 242 valence electrons. The highest BCUT2D eigenvalue weighted by Gasteiger charge is 2.32. The van der Waals surface area contributed by atoms with Gasteiger partial charge in [-0.25, -0.2) is 0 Å². The molecule has 4 atom stereocenters. The van der Waals surface area contributed by atoms with Crippen LogP contribution < -0.4 is 4.90 Å². The van der Waals surface area contributed by atoms with Crippen molar-refractivity contribution in [2.45, 2.75) is 97.9 Å². The summed E-state index contributed by atoms with van der Waals surface area (Å²) in [5, 5.41) is 0. The quantitative estimate of drug-likeness (QED) is 0.167. The third kappa shape index (κ3) is 7.39. The Morgan fingerprint density at radius 2 is 1.00 bits per heavy atom. The van der Waals surface area contributed by atoms with Gasteiger partial charge in [-0.15, -0.1) is 0 Å². The molecule has 0 amide bonds. The fourth-order valence-corrected chi connectivity index (χ4v) is 6.76. The van der Waals surface area contributed by atoms with Gasteiger partial charge in [0.2, 0.25) is 0 Å². The lowest BCUT2D eigenvalue weighted by Gasteiger charge is -2.33. The average Bonchev–Trinajstić information content (AvgIpc) is 3.76. The number of aryl methyl sites for hydroxylation is 4. The zero-order valence-electron chi connectivity index (χ0n) is 28.3. The van der Waals surface area contributed by atoms with Gasteiger partial charge in [0.15, 0.2) is 12.6 Å². The van der Waals surface area contributed by atoms with Crippen LogP contribution in [0.3, 0.4) is 0 Å². The number of hydrogen-bond acceptors (Lipinski definition) is 5. The minimum atomic E-state index is -0.141. The van der Waals surface area contributed by atoms with Crippen LogP contribution >= 0.6 is 0 Å². The van der Waals surface area contributed by atoms with E-state index in [4.69, 9.17) is 18.9 Å². The van der Waals surface area contributed by atoms with Crippen LogP contribution in [-0.2, 0) is 18.9 Å². The summed E-state index contributed by atoms with van der Waals surface area (Å²) < 4.78 is 24.5. The molecule has 4 aromatic carbocycles. The molecule has 6 rings (SSSR count). The van der Waals surface area contributed by atoms with Gasteiger partial charge < -0.3 is 23.8 Å². The second-order valence-corrected chi connectivity index (χ2v) is 13.1. The zero-order valence-corrected chi connectivity index (χ0v) is 28.3. The van der Waals surface area contributed by atoms with Gasteiger partial charge >= 0.3 is 0 Å². The fourth-order valence-electron chi connectivity index (χ4n) is 6.76. The van der Waals surface area contributed by atoms with Crippen LogP contribution in [0.4, 0.5) is 17.1 Å². The first-order chi connectivity index (χ1) is 22.3. The normalized spacial score (nSPS) is 20.0. The summed E-state index contributed by atoms with van der Waals surface area (Å²) in [6.07, 6.45) is 3.57. The summed E-state index contributed by atoms with van der Waals surface area (Å²) in [6, 6.07) is 31.2. The van der Waals surface area contributed by atoms with Crippen molar-refractivity contribution in [2.24, 2.45) is 0 Å². The Labute approximate surface area is 275 Å². The summed E-state index contributed by atoms with van der Waals surface area (Å²) in [5.41, 5.74) is 12.2. The van der Waals surface area contributed by atoms with E-state index in [0.29, 0.717) is 0 Å². The van der Waals surface area contributed by atoms with E-state index < -0.39 is 0 Å². The van der Waals surface area contributed by atoms with Gasteiger partial charge in [-0.1, -0.05) is 48.5 Å². The first kappa shape index (κ1) is 32.5. The lowest BCUT2D eigenvalue weighted by molar-refractivity contribution is -0.179. The molecule has 0 aliphatic carbocycles. The second-order valence-electron chi connectivity index (χ2n) is 13.1. The molecule has 0 aromatic heterocycles. The third-order valence-corrected chi connectivity index (χ3v) is 9.77. The Morgan fingerprint density at radius 1 is 0.565 bits per heavy atom. The van der Waals surface area contributed by atoms with Crippen LogP contribution in [0.15, 0.2) is 84.9 Å². The maximum absolute atomic E-state index is 6.42. The van der Waals surface area contributed by atoms with Gasteiger partial charge in [0.25, 0.3) is 0 Å². The zero-order chi connectivity index (χ0) is 32.2. The van der Waals surface area contributed by atoms with Crippen LogP contribution in [-0.4, -0.2) is 38.0 Å². The molecule has 5 heteroatoms. The van der Waals surface area contributed by atoms with E-state index in [0.717, 1.165) is 56.0 Å². The Bertz CT molecular complexity index is 1510. The molecule has 4 unspecified atom stereocenters. The van der Waals surface area contributed by atoms with E-state index in [1.807, 2.05) is 0 Å². The summed E-state index contributed by atoms with van der Waals surface area (Å²) >= 11 is 0. The molecule has 2 fully saturated rings. The van der Waals surface area contributed by atoms with Crippen molar-refractivity contribution in [3.05, 3.63) is 113 Å². The van der Waals surface area contributed by atoms with E-state index in [9.17, 15) is 0 Å². The molecule has 0 radical (unpaired) electrons. The van der Waals surface area contributed by atoms with E-state index in [1.165, 1.54) is 38.9 Å². The number of benzene rings is 4. The van der Waals surface area contributed by atoms with Gasteiger partial charge in [-0.05, 0) is 130 Å². The molecule has 0 bridgehead atoms. The molecule has 2 saturated heterocycles. The van der Waals surface area contributed by atoms with Crippen LogP contribution in [0.5, 0.6) is 0 Å². The van der Waals surface area contributed by atoms with Crippen molar-refractivity contribution >= 4 is 17.1 Å². The first-order valence-corrected chi connectivity index (χ1v) is 17.0. The van der Waals surface area contributed by atoms with Gasteiger partial charge in [0.05, 0.1) is 12.2 Å². The summed E-state index contributed by atoms with van der Waals surface area (Å²) in [6.45, 7) is 14.5. The Kier molecular flexibility index (Phi) is 10.2. The third-order valence-electron chi connectivity index (χ3n) is 9.77. The largest absolute Gasteiger partial charge is 0.353 e. The van der Waals surface area contributed by atoms with Crippen molar-refractivity contribution < 1.29 is 18.9 Å². The van der Waals surface area contributed by atoms with Crippen LogP contribution in [0.1, 0.15) is 73.3 Å². The van der Waals surface area contributed by atoms with Crippen LogP contribution in [0, 0.1) is 27.7 Å². The average molecular weight is 620 g/mol. The maximum Gasteiger partial charge on any atom is 0.158 e. The molecule has 46 heavy (non-hydrogen) atoms. The van der Waals surface area contributed by atoms with Crippen molar-refractivity contribution in [3.63, 3.8) is 0 Å². The van der Waals surface area contributed by atoms with Crippen molar-refractivity contribution in [1.29, 1.82) is 0 Å². The highest BCUT2D eigenvalue weighted by molar-refractivity contribution is 5.79. The predicted octanol–water partition coefficient (Wildman–Crippen LogP) is 10.2. The predicted molar refractivity (Wildman–Crippen MR) is 187 cm³/mol. The van der Waals surface area contributed by atoms with E-state index >= 15 is 0 Å². The van der Waals surface area contributed by atoms with Gasteiger partial charge in [-0.3, -0.25) is 0 Å². The SMILES string of the molecule is Cc1ccc(N(c2ccc(-c3ccc(C(C(C)OC4CCCO4)C(C)OC4CCCO4)cc3)cc2)c2ccc(C)c(C)c2)cc1C. The first-order valence-electron chi connectivity index (χ1n) is 17.0. The van der Waals surface area contributed by atoms with Crippen molar-refractivity contribution in [3.8, 4) is 11.1 Å². The molecule has 0 spiro atoms. The Morgan fingerprint density at radius 3 is 1.41 bits per heavy atom. The smallest absolute Gasteiger partial charge is 0.158 e. The molecule has 0 N–H and O–H groups in total. The minimum Gasteiger partial charge on any atom is -0.353 e. The molecule has 5 nitrogen and oxygen atoms in total. The van der Waals surface area contributed by atoms with Gasteiger partial charge in [-0.2, -0.15) is 0 Å². The molecule has 2 heterocycles. The fraction of sp³-hybridized carbons (Fsp3) is 0.415. The molecule has 0 saturated carbocycles. The highest BCUT2D eigenvalue weighted by Crippen LogP contribution is 2.38. The number of hydrogen-bond donors (Lipinski definition) is 0. The van der Waals surface area contributed by atoms with E-state index in [2.05, 4.69) is 131 Å². The second kappa shape index (κ2) is 14.5. The number of nitrogens with zero attached hydrogens (tertiary/aromatic N) is 1. The summed E-state index contributed by atoms with van der Waals surface area (Å²) in [7, 11) is 0. The van der Waals surface area contributed by atoms with Gasteiger partial charge in [0.1, 0.15) is 0 Å². The van der Waals surface area contributed by atoms with Crippen molar-refractivity contribution in [2.75, 3.05) is 18.1 Å². The monoisotopic (exact) mass is 619 g/mol. The molecular weight excluding hydrogens is 570 g/mol. The minimum absolute atomic E-state index is 0.0503. The number of rotatable bonds is 11. The van der Waals surface area contributed by atoms with Gasteiger partial charge in [0, 0.05) is 49.0 Å². The van der Waals surface area contributed by atoms with E-state index in [1.54, 1.807) is 0 Å². The lowest BCUT2D eigenvalue weighted by atomic mass is 9.88. The van der Waals surface area contributed by atoms with Crippen LogP contribution in [0.25, 0.3) is 11.1 Å². The standard InChI is InChI=1S/C41H49NO4/c1-27-11-19-37(25-29(27)3)42(38-20-12-28(2)30(4)26-38)36-21-17-34(18-22-36)33-13-15-35(16-14-33)41(31(5)45-39-9-7-23-43-39)32(6)46-40-10-8-24-44-40/h11-22,25-26,31-32,39-41H,7-10,23-24H2,1-6H3. The topological polar surface area (TPSA) is 40.2 Å². The Balaban J connectivity index is 1.25. The van der Waals surface area contributed by atoms with Crippen molar-refractivity contribution in [1.82, 2.24) is 0 Å².